The van der Waals surface area contributed by atoms with Crippen LogP contribution >= 0.6 is 0 Å². The van der Waals surface area contributed by atoms with Crippen LogP contribution in [0.1, 0.15) is 11.1 Å². The zero-order valence-corrected chi connectivity index (χ0v) is 11.1. The molecule has 0 spiro atoms. The normalized spacial score (nSPS) is 11.0. The number of benzene rings is 1. The molecule has 1 heterocycles. The Labute approximate surface area is 115 Å². The third kappa shape index (κ3) is 3.38. The van der Waals surface area contributed by atoms with Gasteiger partial charge in [0, 0.05) is 12.7 Å². The van der Waals surface area contributed by atoms with E-state index in [1.54, 1.807) is 24.3 Å². The van der Waals surface area contributed by atoms with E-state index in [1.165, 1.54) is 0 Å². The molecule has 20 heavy (non-hydrogen) atoms. The molecule has 1 aromatic carbocycles. The molecule has 0 aliphatic carbocycles. The molecule has 1 N–H and O–H groups in total. The first-order valence-electron chi connectivity index (χ1n) is 5.60. The van der Waals surface area contributed by atoms with E-state index in [1.807, 2.05) is 6.07 Å². The number of hydrogen-bond donors (Lipinski definition) is 1. The van der Waals surface area contributed by atoms with E-state index in [-0.39, 0.29) is 11.4 Å². The SMILES string of the molecule is N#Cc1cccc(CNS(=O)(=O)c2cncc(F)c2)c1. The molecule has 2 aromatic rings. The van der Waals surface area contributed by atoms with Crippen LogP contribution in [-0.4, -0.2) is 13.4 Å². The van der Waals surface area contributed by atoms with E-state index in [9.17, 15) is 12.8 Å². The van der Waals surface area contributed by atoms with Crippen molar-refractivity contribution < 1.29 is 12.8 Å². The highest BCUT2D eigenvalue weighted by atomic mass is 32.2. The molecular formula is C13H10FN3O2S. The number of nitrogens with zero attached hydrogens (tertiary/aromatic N) is 2. The zero-order chi connectivity index (χ0) is 14.6. The van der Waals surface area contributed by atoms with Gasteiger partial charge < -0.3 is 0 Å². The van der Waals surface area contributed by atoms with E-state index in [0.29, 0.717) is 11.1 Å². The number of nitriles is 1. The lowest BCUT2D eigenvalue weighted by Crippen LogP contribution is -2.23. The van der Waals surface area contributed by atoms with Crippen molar-refractivity contribution in [1.29, 1.82) is 5.26 Å². The second kappa shape index (κ2) is 5.77. The Kier molecular flexibility index (Phi) is 4.08. The Hall–Kier alpha value is -2.30. The molecule has 7 heteroatoms. The lowest BCUT2D eigenvalue weighted by Gasteiger charge is -2.06. The van der Waals surface area contributed by atoms with Crippen molar-refractivity contribution in [3.63, 3.8) is 0 Å². The van der Waals surface area contributed by atoms with Crippen molar-refractivity contribution in [2.45, 2.75) is 11.4 Å². The average Bonchev–Trinajstić information content (AvgIpc) is 2.45. The van der Waals surface area contributed by atoms with Gasteiger partial charge in [-0.05, 0) is 23.8 Å². The first kappa shape index (κ1) is 14.1. The average molecular weight is 291 g/mol. The van der Waals surface area contributed by atoms with Crippen LogP contribution in [0.3, 0.4) is 0 Å². The number of aromatic nitrogens is 1. The second-order valence-electron chi connectivity index (χ2n) is 3.98. The minimum absolute atomic E-state index is 0.00830. The molecule has 0 saturated heterocycles. The van der Waals surface area contributed by atoms with E-state index in [0.717, 1.165) is 18.5 Å². The maximum Gasteiger partial charge on any atom is 0.242 e. The molecule has 2 rings (SSSR count). The monoisotopic (exact) mass is 291 g/mol. The third-order valence-corrected chi connectivity index (χ3v) is 3.88. The number of rotatable bonds is 4. The summed E-state index contributed by atoms with van der Waals surface area (Å²) < 4.78 is 39.2. The van der Waals surface area contributed by atoms with Crippen molar-refractivity contribution in [3.05, 3.63) is 59.7 Å². The number of nitrogens with one attached hydrogen (secondary N) is 1. The van der Waals surface area contributed by atoms with Crippen LogP contribution in [-0.2, 0) is 16.6 Å². The first-order chi connectivity index (χ1) is 9.51. The molecule has 0 amide bonds. The van der Waals surface area contributed by atoms with Gasteiger partial charge in [0.25, 0.3) is 0 Å². The van der Waals surface area contributed by atoms with Crippen molar-refractivity contribution in [3.8, 4) is 6.07 Å². The summed E-state index contributed by atoms with van der Waals surface area (Å²) in [5.74, 6) is -0.723. The van der Waals surface area contributed by atoms with Gasteiger partial charge in [0.05, 0.1) is 17.8 Å². The molecule has 0 fully saturated rings. The number of sulfonamides is 1. The minimum Gasteiger partial charge on any atom is -0.260 e. The predicted octanol–water partition coefficient (Wildman–Crippen LogP) is 1.57. The van der Waals surface area contributed by atoms with Gasteiger partial charge >= 0.3 is 0 Å². The summed E-state index contributed by atoms with van der Waals surface area (Å²) in [6, 6.07) is 9.40. The van der Waals surface area contributed by atoms with Gasteiger partial charge in [-0.25, -0.2) is 17.5 Å². The molecule has 0 unspecified atom stereocenters. The molecule has 0 aliphatic heterocycles. The van der Waals surface area contributed by atoms with Crippen LogP contribution < -0.4 is 4.72 Å². The molecule has 0 saturated carbocycles. The van der Waals surface area contributed by atoms with Crippen LogP contribution in [0, 0.1) is 17.1 Å². The molecular weight excluding hydrogens is 281 g/mol. The Balaban J connectivity index is 2.15. The third-order valence-electron chi connectivity index (χ3n) is 2.51. The van der Waals surface area contributed by atoms with Crippen LogP contribution in [0.2, 0.25) is 0 Å². The maximum atomic E-state index is 13.0. The summed E-state index contributed by atoms with van der Waals surface area (Å²) in [7, 11) is -3.84. The van der Waals surface area contributed by atoms with Crippen molar-refractivity contribution >= 4 is 10.0 Å². The maximum absolute atomic E-state index is 13.0. The second-order valence-corrected chi connectivity index (χ2v) is 5.74. The summed E-state index contributed by atoms with van der Waals surface area (Å²) in [5.41, 5.74) is 1.08. The highest BCUT2D eigenvalue weighted by molar-refractivity contribution is 7.89. The summed E-state index contributed by atoms with van der Waals surface area (Å²) in [5, 5.41) is 8.76. The van der Waals surface area contributed by atoms with Gasteiger partial charge in [-0.2, -0.15) is 5.26 Å². The summed E-state index contributed by atoms with van der Waals surface area (Å²) >= 11 is 0. The zero-order valence-electron chi connectivity index (χ0n) is 10.2. The fraction of sp³-hybridized carbons (Fsp3) is 0.0769. The smallest absolute Gasteiger partial charge is 0.242 e. The van der Waals surface area contributed by atoms with Crippen LogP contribution in [0.5, 0.6) is 0 Å². The van der Waals surface area contributed by atoms with Gasteiger partial charge in [-0.3, -0.25) is 4.98 Å². The van der Waals surface area contributed by atoms with Gasteiger partial charge in [0.15, 0.2) is 0 Å². The molecule has 5 nitrogen and oxygen atoms in total. The molecule has 0 bridgehead atoms. The molecule has 102 valence electrons. The quantitative estimate of drug-likeness (QED) is 0.927. The van der Waals surface area contributed by atoms with Gasteiger partial charge in [-0.15, -0.1) is 0 Å². The van der Waals surface area contributed by atoms with Crippen LogP contribution in [0.15, 0.2) is 47.6 Å². The Morgan fingerprint density at radius 1 is 1.30 bits per heavy atom. The molecule has 0 aliphatic rings. The van der Waals surface area contributed by atoms with Crippen molar-refractivity contribution in [1.82, 2.24) is 9.71 Å². The van der Waals surface area contributed by atoms with Crippen molar-refractivity contribution in [2.24, 2.45) is 0 Å². The fourth-order valence-electron chi connectivity index (χ4n) is 1.55. The van der Waals surface area contributed by atoms with E-state index in [4.69, 9.17) is 5.26 Å². The molecule has 0 atom stereocenters. The van der Waals surface area contributed by atoms with Crippen molar-refractivity contribution in [2.75, 3.05) is 0 Å². The topological polar surface area (TPSA) is 82.9 Å². The standard InChI is InChI=1S/C13H10FN3O2S/c14-12-5-13(9-16-8-12)20(18,19)17-7-11-3-1-2-10(4-11)6-15/h1-5,8-9,17H,7H2. The Morgan fingerprint density at radius 3 is 2.80 bits per heavy atom. The van der Waals surface area contributed by atoms with Gasteiger partial charge in [0.1, 0.15) is 10.7 Å². The van der Waals surface area contributed by atoms with E-state index in [2.05, 4.69) is 9.71 Å². The van der Waals surface area contributed by atoms with E-state index >= 15 is 0 Å². The predicted molar refractivity (Wildman–Crippen MR) is 69.4 cm³/mol. The van der Waals surface area contributed by atoms with Crippen LogP contribution in [0.25, 0.3) is 0 Å². The number of halogens is 1. The van der Waals surface area contributed by atoms with Gasteiger partial charge in [0.2, 0.25) is 10.0 Å². The molecule has 1 aromatic heterocycles. The largest absolute Gasteiger partial charge is 0.260 e. The van der Waals surface area contributed by atoms with Crippen LogP contribution in [0.4, 0.5) is 4.39 Å². The number of pyridine rings is 1. The van der Waals surface area contributed by atoms with Gasteiger partial charge in [-0.1, -0.05) is 12.1 Å². The number of hydrogen-bond acceptors (Lipinski definition) is 4. The minimum atomic E-state index is -3.84. The highest BCUT2D eigenvalue weighted by Crippen LogP contribution is 2.10. The lowest BCUT2D eigenvalue weighted by molar-refractivity contribution is 0.575. The van der Waals surface area contributed by atoms with E-state index < -0.39 is 15.8 Å². The summed E-state index contributed by atoms with van der Waals surface area (Å²) in [4.78, 5) is 3.25. The highest BCUT2D eigenvalue weighted by Gasteiger charge is 2.14. The molecule has 0 radical (unpaired) electrons. The first-order valence-corrected chi connectivity index (χ1v) is 7.09. The Bertz CT molecular complexity index is 769. The lowest BCUT2D eigenvalue weighted by atomic mass is 10.1. The fourth-order valence-corrected chi connectivity index (χ4v) is 2.54. The summed E-state index contributed by atoms with van der Waals surface area (Å²) in [6.07, 6.45) is 1.99. The Morgan fingerprint density at radius 2 is 2.10 bits per heavy atom. The summed E-state index contributed by atoms with van der Waals surface area (Å²) in [6.45, 7) is 0.00830.